The zero-order valence-corrected chi connectivity index (χ0v) is 17.8. The van der Waals surface area contributed by atoms with Gasteiger partial charge in [0.15, 0.2) is 0 Å². The molecule has 1 fully saturated rings. The minimum atomic E-state index is -0.529. The minimum Gasteiger partial charge on any atom is -0.456 e. The zero-order chi connectivity index (χ0) is 20.8. The molecule has 1 aliphatic rings. The van der Waals surface area contributed by atoms with E-state index in [1.54, 1.807) is 6.07 Å². The number of amides is 1. The van der Waals surface area contributed by atoms with E-state index in [9.17, 15) is 9.59 Å². The van der Waals surface area contributed by atoms with Crippen LogP contribution in [0.5, 0.6) is 0 Å². The molecule has 1 aromatic carbocycles. The number of aromatic nitrogens is 2. The number of benzene rings is 1. The first kappa shape index (κ1) is 19.6. The van der Waals surface area contributed by atoms with Crippen LogP contribution < -0.4 is 5.32 Å². The SMILES string of the molecule is CC(NC(=O)[C@@H]1C[C@H]1c1nc2ccccc2[nH]1)c1ccc(C(=O)OC(C)(C)C)s1. The van der Waals surface area contributed by atoms with Gasteiger partial charge in [-0.2, -0.15) is 0 Å². The summed E-state index contributed by atoms with van der Waals surface area (Å²) in [5.41, 5.74) is 1.39. The number of imidazole rings is 1. The van der Waals surface area contributed by atoms with Crippen LogP contribution >= 0.6 is 11.3 Å². The summed E-state index contributed by atoms with van der Waals surface area (Å²) in [5.74, 6) is 0.635. The zero-order valence-electron chi connectivity index (χ0n) is 17.0. The van der Waals surface area contributed by atoms with Gasteiger partial charge in [-0.3, -0.25) is 4.79 Å². The number of thiophene rings is 1. The number of para-hydroxylation sites is 2. The summed E-state index contributed by atoms with van der Waals surface area (Å²) < 4.78 is 5.41. The molecule has 152 valence electrons. The standard InChI is InChI=1S/C22H25N3O3S/c1-12(17-9-10-18(29-17)21(27)28-22(2,3)4)23-20(26)14-11-13(14)19-24-15-7-5-6-8-16(15)25-19/h5-10,12-14H,11H2,1-4H3,(H,23,26)(H,24,25)/t12?,13-,14-/m1/s1. The van der Waals surface area contributed by atoms with Crippen molar-refractivity contribution in [3.05, 3.63) is 52.0 Å². The second-order valence-electron chi connectivity index (χ2n) is 8.52. The summed E-state index contributed by atoms with van der Waals surface area (Å²) >= 11 is 1.36. The molecule has 7 heteroatoms. The maximum Gasteiger partial charge on any atom is 0.348 e. The average Bonchev–Trinajstić information content (AvgIpc) is 3.10. The highest BCUT2D eigenvalue weighted by molar-refractivity contribution is 7.14. The number of esters is 1. The number of aromatic amines is 1. The van der Waals surface area contributed by atoms with E-state index in [-0.39, 0.29) is 29.8 Å². The number of ether oxygens (including phenoxy) is 1. The predicted molar refractivity (Wildman–Crippen MR) is 113 cm³/mol. The Hall–Kier alpha value is -2.67. The highest BCUT2D eigenvalue weighted by Crippen LogP contribution is 2.47. The number of nitrogens with zero attached hydrogens (tertiary/aromatic N) is 1. The Morgan fingerprint density at radius 3 is 2.72 bits per heavy atom. The van der Waals surface area contributed by atoms with Crippen LogP contribution in [0.1, 0.15) is 66.4 Å². The number of fused-ring (bicyclic) bond motifs is 1. The molecule has 0 radical (unpaired) electrons. The first-order valence-electron chi connectivity index (χ1n) is 9.79. The quantitative estimate of drug-likeness (QED) is 0.603. The predicted octanol–water partition coefficient (Wildman–Crippen LogP) is 4.56. The number of hydrogen-bond acceptors (Lipinski definition) is 5. The summed E-state index contributed by atoms with van der Waals surface area (Å²) in [6.07, 6.45) is 0.798. The average molecular weight is 412 g/mol. The molecule has 2 N–H and O–H groups in total. The molecule has 6 nitrogen and oxygen atoms in total. The molecular weight excluding hydrogens is 386 g/mol. The van der Waals surface area contributed by atoms with Gasteiger partial charge in [-0.25, -0.2) is 9.78 Å². The third-order valence-corrected chi connectivity index (χ3v) is 6.15. The molecule has 1 unspecified atom stereocenters. The second kappa shape index (κ2) is 7.30. The molecule has 0 bridgehead atoms. The molecule has 0 saturated heterocycles. The number of carbonyl (C=O) groups is 2. The number of rotatable bonds is 5. The van der Waals surface area contributed by atoms with Crippen LogP contribution in [0.15, 0.2) is 36.4 Å². The van der Waals surface area contributed by atoms with Crippen molar-refractivity contribution in [2.24, 2.45) is 5.92 Å². The fourth-order valence-electron chi connectivity index (χ4n) is 3.35. The highest BCUT2D eigenvalue weighted by Gasteiger charge is 2.46. The van der Waals surface area contributed by atoms with E-state index in [1.165, 1.54) is 11.3 Å². The Bertz CT molecular complexity index is 1030. The van der Waals surface area contributed by atoms with E-state index < -0.39 is 5.60 Å². The lowest BCUT2D eigenvalue weighted by molar-refractivity contribution is -0.123. The van der Waals surface area contributed by atoms with Crippen molar-refractivity contribution in [3.63, 3.8) is 0 Å². The van der Waals surface area contributed by atoms with Gasteiger partial charge >= 0.3 is 5.97 Å². The summed E-state index contributed by atoms with van der Waals surface area (Å²) in [5, 5.41) is 3.07. The van der Waals surface area contributed by atoms with Crippen molar-refractivity contribution < 1.29 is 14.3 Å². The first-order valence-corrected chi connectivity index (χ1v) is 10.6. The largest absolute Gasteiger partial charge is 0.456 e. The van der Waals surface area contributed by atoms with Gasteiger partial charge < -0.3 is 15.0 Å². The maximum atomic E-state index is 12.7. The van der Waals surface area contributed by atoms with Crippen LogP contribution in [0.4, 0.5) is 0 Å². The smallest absolute Gasteiger partial charge is 0.348 e. The number of H-pyrrole nitrogens is 1. The Morgan fingerprint density at radius 2 is 2.00 bits per heavy atom. The number of hydrogen-bond donors (Lipinski definition) is 2. The lowest BCUT2D eigenvalue weighted by Crippen LogP contribution is -2.28. The van der Waals surface area contributed by atoms with Crippen LogP contribution in [0.25, 0.3) is 11.0 Å². The summed E-state index contributed by atoms with van der Waals surface area (Å²) in [6, 6.07) is 11.3. The van der Waals surface area contributed by atoms with Crippen molar-refractivity contribution in [3.8, 4) is 0 Å². The molecule has 4 rings (SSSR count). The van der Waals surface area contributed by atoms with Gasteiger partial charge in [0.25, 0.3) is 0 Å². The van der Waals surface area contributed by atoms with Gasteiger partial charge in [0, 0.05) is 16.7 Å². The molecule has 3 aromatic rings. The normalized spacial score (nSPS) is 19.7. The Kier molecular flexibility index (Phi) is 4.94. The van der Waals surface area contributed by atoms with E-state index in [0.29, 0.717) is 4.88 Å². The molecular formula is C22H25N3O3S. The number of nitrogens with one attached hydrogen (secondary N) is 2. The van der Waals surface area contributed by atoms with E-state index in [4.69, 9.17) is 4.74 Å². The fraction of sp³-hybridized carbons (Fsp3) is 0.409. The second-order valence-corrected chi connectivity index (χ2v) is 9.64. The fourth-order valence-corrected chi connectivity index (χ4v) is 4.24. The van der Waals surface area contributed by atoms with Crippen LogP contribution in [0, 0.1) is 5.92 Å². The van der Waals surface area contributed by atoms with E-state index in [0.717, 1.165) is 28.2 Å². The lowest BCUT2D eigenvalue weighted by Gasteiger charge is -2.18. The molecule has 1 amide bonds. The minimum absolute atomic E-state index is 0.0233. The van der Waals surface area contributed by atoms with Gasteiger partial charge in [-0.05, 0) is 58.4 Å². The van der Waals surface area contributed by atoms with Crippen LogP contribution in [0.2, 0.25) is 0 Å². The molecule has 1 saturated carbocycles. The van der Waals surface area contributed by atoms with Gasteiger partial charge in [-0.15, -0.1) is 11.3 Å². The molecule has 2 aromatic heterocycles. The molecule has 29 heavy (non-hydrogen) atoms. The van der Waals surface area contributed by atoms with Gasteiger partial charge in [0.05, 0.1) is 17.1 Å². The summed E-state index contributed by atoms with van der Waals surface area (Å²) in [4.78, 5) is 34.3. The van der Waals surface area contributed by atoms with E-state index in [2.05, 4.69) is 15.3 Å². The Balaban J connectivity index is 1.36. The Morgan fingerprint density at radius 1 is 1.24 bits per heavy atom. The maximum absolute atomic E-state index is 12.7. The highest BCUT2D eigenvalue weighted by atomic mass is 32.1. The molecule has 0 aliphatic heterocycles. The summed E-state index contributed by atoms with van der Waals surface area (Å²) in [6.45, 7) is 7.46. The van der Waals surface area contributed by atoms with Crippen LogP contribution in [-0.2, 0) is 9.53 Å². The van der Waals surface area contributed by atoms with Crippen molar-refractivity contribution in [2.75, 3.05) is 0 Å². The lowest BCUT2D eigenvalue weighted by atomic mass is 10.2. The van der Waals surface area contributed by atoms with Crippen molar-refractivity contribution in [1.29, 1.82) is 0 Å². The monoisotopic (exact) mass is 411 g/mol. The molecule has 3 atom stereocenters. The van der Waals surface area contributed by atoms with Crippen LogP contribution in [-0.4, -0.2) is 27.4 Å². The van der Waals surface area contributed by atoms with Gasteiger partial charge in [0.2, 0.25) is 5.91 Å². The topological polar surface area (TPSA) is 84.1 Å². The van der Waals surface area contributed by atoms with Crippen molar-refractivity contribution in [2.45, 2.75) is 51.7 Å². The molecule has 2 heterocycles. The van der Waals surface area contributed by atoms with E-state index in [1.807, 2.05) is 58.0 Å². The molecule has 1 aliphatic carbocycles. The third-order valence-electron chi connectivity index (χ3n) is 4.90. The third kappa shape index (κ3) is 4.34. The van der Waals surface area contributed by atoms with Gasteiger partial charge in [-0.1, -0.05) is 12.1 Å². The number of carbonyl (C=O) groups excluding carboxylic acids is 2. The van der Waals surface area contributed by atoms with Crippen molar-refractivity contribution >= 4 is 34.2 Å². The first-order chi connectivity index (χ1) is 13.7. The summed E-state index contributed by atoms with van der Waals surface area (Å²) in [7, 11) is 0. The Labute approximate surface area is 173 Å². The van der Waals surface area contributed by atoms with E-state index >= 15 is 0 Å². The van der Waals surface area contributed by atoms with Gasteiger partial charge in [0.1, 0.15) is 16.3 Å². The van der Waals surface area contributed by atoms with Crippen LogP contribution in [0.3, 0.4) is 0 Å². The molecule has 0 spiro atoms. The van der Waals surface area contributed by atoms with Crippen molar-refractivity contribution in [1.82, 2.24) is 15.3 Å².